The monoisotopic (exact) mass is 326 g/mol. The van der Waals surface area contributed by atoms with Crippen molar-refractivity contribution in [1.29, 1.82) is 0 Å². The number of phenols is 1. The van der Waals surface area contributed by atoms with E-state index in [0.29, 0.717) is 24.6 Å². The molecule has 1 fully saturated rings. The summed E-state index contributed by atoms with van der Waals surface area (Å²) in [7, 11) is 0. The summed E-state index contributed by atoms with van der Waals surface area (Å²) in [5, 5.41) is 18.5. The highest BCUT2D eigenvalue weighted by Crippen LogP contribution is 2.31. The van der Waals surface area contributed by atoms with Crippen molar-refractivity contribution in [2.45, 2.75) is 19.4 Å². The quantitative estimate of drug-likeness (QED) is 0.851. The van der Waals surface area contributed by atoms with Crippen molar-refractivity contribution in [3.63, 3.8) is 0 Å². The number of benzene rings is 1. The van der Waals surface area contributed by atoms with Crippen LogP contribution in [-0.2, 0) is 6.54 Å². The van der Waals surface area contributed by atoms with E-state index in [1.807, 2.05) is 6.07 Å². The molecule has 0 bridgehead atoms. The van der Waals surface area contributed by atoms with Gasteiger partial charge in [-0.1, -0.05) is 12.1 Å². The number of aromatic hydroxyl groups is 1. The molecule has 6 heteroatoms. The maximum atomic E-state index is 12.8. The fourth-order valence-electron chi connectivity index (χ4n) is 2.54. The Bertz CT molecular complexity index is 754. The van der Waals surface area contributed by atoms with Crippen molar-refractivity contribution in [2.24, 2.45) is 5.92 Å². The molecule has 0 spiro atoms. The normalized spacial score (nSPS) is 13.5. The van der Waals surface area contributed by atoms with E-state index < -0.39 is 5.97 Å². The average Bonchev–Trinajstić information content (AvgIpc) is 3.38. The van der Waals surface area contributed by atoms with Gasteiger partial charge < -0.3 is 15.1 Å². The van der Waals surface area contributed by atoms with Crippen LogP contribution in [-0.4, -0.2) is 38.5 Å². The number of carbonyl (C=O) groups excluding carboxylic acids is 1. The standard InChI is InChI=1S/C18H18N2O4/c21-15-3-1-2-13(8-15)11-20(10-12-4-5-12)17(22)14-6-7-16(18(23)24)19-9-14/h1-3,6-9,12,21H,4-5,10-11H2,(H,23,24). The van der Waals surface area contributed by atoms with Gasteiger partial charge in [-0.05, 0) is 48.6 Å². The summed E-state index contributed by atoms with van der Waals surface area (Å²) in [6.07, 6.45) is 3.52. The van der Waals surface area contributed by atoms with E-state index in [1.54, 1.807) is 23.1 Å². The number of carbonyl (C=O) groups is 2. The second kappa shape index (κ2) is 6.70. The maximum absolute atomic E-state index is 12.8. The number of pyridine rings is 1. The molecule has 2 aromatic rings. The first-order valence-electron chi connectivity index (χ1n) is 7.79. The van der Waals surface area contributed by atoms with Crippen LogP contribution in [0.25, 0.3) is 0 Å². The third-order valence-corrected chi connectivity index (χ3v) is 3.98. The third-order valence-electron chi connectivity index (χ3n) is 3.98. The fraction of sp³-hybridized carbons (Fsp3) is 0.278. The molecular weight excluding hydrogens is 308 g/mol. The SMILES string of the molecule is O=C(O)c1ccc(C(=O)N(Cc2cccc(O)c2)CC2CC2)cn1. The Morgan fingerprint density at radius 3 is 2.58 bits per heavy atom. The number of hydrogen-bond donors (Lipinski definition) is 2. The number of phenolic OH excluding ortho intramolecular Hbond substituents is 1. The van der Waals surface area contributed by atoms with E-state index >= 15 is 0 Å². The second-order valence-corrected chi connectivity index (χ2v) is 6.04. The lowest BCUT2D eigenvalue weighted by Crippen LogP contribution is -2.32. The summed E-state index contributed by atoms with van der Waals surface area (Å²) in [5.74, 6) is -0.630. The molecule has 1 aliphatic rings. The van der Waals surface area contributed by atoms with Crippen LogP contribution < -0.4 is 0 Å². The molecule has 0 aliphatic heterocycles. The molecule has 24 heavy (non-hydrogen) atoms. The van der Waals surface area contributed by atoms with Crippen LogP contribution >= 0.6 is 0 Å². The third kappa shape index (κ3) is 3.90. The highest BCUT2D eigenvalue weighted by molar-refractivity contribution is 5.94. The summed E-state index contributed by atoms with van der Waals surface area (Å²) in [6, 6.07) is 9.65. The number of carboxylic acids is 1. The number of carboxylic acid groups (broad SMARTS) is 1. The Morgan fingerprint density at radius 1 is 1.21 bits per heavy atom. The molecule has 1 saturated carbocycles. The van der Waals surface area contributed by atoms with Crippen LogP contribution in [0.15, 0.2) is 42.6 Å². The molecule has 0 atom stereocenters. The van der Waals surface area contributed by atoms with Crippen LogP contribution in [0.4, 0.5) is 0 Å². The number of hydrogen-bond acceptors (Lipinski definition) is 4. The molecule has 2 N–H and O–H groups in total. The molecule has 3 rings (SSSR count). The van der Waals surface area contributed by atoms with Gasteiger partial charge in [0.1, 0.15) is 11.4 Å². The Balaban J connectivity index is 1.79. The number of amides is 1. The van der Waals surface area contributed by atoms with Crippen LogP contribution in [0, 0.1) is 5.92 Å². The number of rotatable bonds is 6. The number of aromatic carboxylic acids is 1. The topological polar surface area (TPSA) is 90.7 Å². The molecule has 1 aromatic carbocycles. The van der Waals surface area contributed by atoms with Gasteiger partial charge in [0, 0.05) is 19.3 Å². The van der Waals surface area contributed by atoms with E-state index in [4.69, 9.17) is 5.11 Å². The molecule has 1 aromatic heterocycles. The molecule has 1 amide bonds. The first kappa shape index (κ1) is 16.0. The van der Waals surface area contributed by atoms with Gasteiger partial charge in [-0.3, -0.25) is 4.79 Å². The highest BCUT2D eigenvalue weighted by atomic mass is 16.4. The van der Waals surface area contributed by atoms with E-state index in [0.717, 1.165) is 18.4 Å². The van der Waals surface area contributed by atoms with E-state index in [-0.39, 0.29) is 17.4 Å². The van der Waals surface area contributed by atoms with Gasteiger partial charge in [-0.2, -0.15) is 0 Å². The van der Waals surface area contributed by atoms with Gasteiger partial charge >= 0.3 is 5.97 Å². The zero-order valence-corrected chi connectivity index (χ0v) is 13.1. The Kier molecular flexibility index (Phi) is 4.46. The van der Waals surface area contributed by atoms with Crippen LogP contribution in [0.3, 0.4) is 0 Å². The van der Waals surface area contributed by atoms with Gasteiger partial charge in [0.25, 0.3) is 5.91 Å². The molecule has 1 heterocycles. The van der Waals surface area contributed by atoms with Crippen molar-refractivity contribution in [1.82, 2.24) is 9.88 Å². The Hall–Kier alpha value is -2.89. The van der Waals surface area contributed by atoms with Gasteiger partial charge in [-0.15, -0.1) is 0 Å². The Morgan fingerprint density at radius 2 is 2.00 bits per heavy atom. The summed E-state index contributed by atoms with van der Waals surface area (Å²) < 4.78 is 0. The summed E-state index contributed by atoms with van der Waals surface area (Å²) in [6.45, 7) is 1.04. The van der Waals surface area contributed by atoms with Crippen molar-refractivity contribution < 1.29 is 19.8 Å². The summed E-state index contributed by atoms with van der Waals surface area (Å²) in [5.41, 5.74) is 1.12. The predicted octanol–water partition coefficient (Wildman–Crippen LogP) is 2.54. The first-order chi connectivity index (χ1) is 11.5. The molecule has 0 unspecified atom stereocenters. The van der Waals surface area contributed by atoms with Crippen LogP contribution in [0.5, 0.6) is 5.75 Å². The minimum atomic E-state index is -1.12. The van der Waals surface area contributed by atoms with E-state index in [1.165, 1.54) is 18.3 Å². The first-order valence-corrected chi connectivity index (χ1v) is 7.79. The smallest absolute Gasteiger partial charge is 0.354 e. The summed E-state index contributed by atoms with van der Waals surface area (Å²) >= 11 is 0. The van der Waals surface area contributed by atoms with Crippen molar-refractivity contribution >= 4 is 11.9 Å². The second-order valence-electron chi connectivity index (χ2n) is 6.04. The van der Waals surface area contributed by atoms with Gasteiger partial charge in [0.2, 0.25) is 0 Å². The van der Waals surface area contributed by atoms with Crippen LogP contribution in [0.1, 0.15) is 39.3 Å². The lowest BCUT2D eigenvalue weighted by atomic mass is 10.1. The minimum Gasteiger partial charge on any atom is -0.508 e. The van der Waals surface area contributed by atoms with Gasteiger partial charge in [-0.25, -0.2) is 9.78 Å². The molecule has 1 aliphatic carbocycles. The maximum Gasteiger partial charge on any atom is 0.354 e. The molecule has 0 radical (unpaired) electrons. The molecule has 0 saturated heterocycles. The minimum absolute atomic E-state index is 0.0896. The van der Waals surface area contributed by atoms with E-state index in [2.05, 4.69) is 4.98 Å². The summed E-state index contributed by atoms with van der Waals surface area (Å²) in [4.78, 5) is 29.2. The van der Waals surface area contributed by atoms with Gasteiger partial charge in [0.15, 0.2) is 0 Å². The largest absolute Gasteiger partial charge is 0.508 e. The van der Waals surface area contributed by atoms with Gasteiger partial charge in [0.05, 0.1) is 5.56 Å². The van der Waals surface area contributed by atoms with Crippen molar-refractivity contribution in [3.05, 3.63) is 59.4 Å². The number of aromatic nitrogens is 1. The van der Waals surface area contributed by atoms with Crippen molar-refractivity contribution in [2.75, 3.05) is 6.54 Å². The van der Waals surface area contributed by atoms with Crippen LogP contribution in [0.2, 0.25) is 0 Å². The molecule has 6 nitrogen and oxygen atoms in total. The number of nitrogens with zero attached hydrogens (tertiary/aromatic N) is 2. The fourth-order valence-corrected chi connectivity index (χ4v) is 2.54. The van der Waals surface area contributed by atoms with E-state index in [9.17, 15) is 14.7 Å². The van der Waals surface area contributed by atoms with Crippen molar-refractivity contribution in [3.8, 4) is 5.75 Å². The molecule has 124 valence electrons. The zero-order chi connectivity index (χ0) is 17.1. The zero-order valence-electron chi connectivity index (χ0n) is 13.1. The predicted molar refractivity (Wildman–Crippen MR) is 86.8 cm³/mol. The highest BCUT2D eigenvalue weighted by Gasteiger charge is 2.27. The lowest BCUT2D eigenvalue weighted by molar-refractivity contribution is 0.0686. The Labute approximate surface area is 139 Å². The lowest BCUT2D eigenvalue weighted by Gasteiger charge is -2.23. The average molecular weight is 326 g/mol. The molecular formula is C18H18N2O4.